The molecule has 0 unspecified atom stereocenters. The molecule has 0 saturated heterocycles. The van der Waals surface area contributed by atoms with Gasteiger partial charge in [0.15, 0.2) is 0 Å². The van der Waals surface area contributed by atoms with Gasteiger partial charge >= 0.3 is 11.9 Å². The minimum atomic E-state index is -0.644. The lowest BCUT2D eigenvalue weighted by atomic mass is 9.67. The Hall–Kier alpha value is -4.00. The van der Waals surface area contributed by atoms with Crippen LogP contribution in [0.5, 0.6) is 11.5 Å². The average Bonchev–Trinajstić information content (AvgIpc) is 3.12. The molecule has 2 aliphatic rings. The van der Waals surface area contributed by atoms with Crippen molar-refractivity contribution in [3.63, 3.8) is 0 Å². The largest absolute Gasteiger partial charge is 0.423 e. The summed E-state index contributed by atoms with van der Waals surface area (Å²) < 4.78 is 16.1. The molecule has 3 aromatic rings. The van der Waals surface area contributed by atoms with Crippen molar-refractivity contribution in [1.82, 2.24) is 0 Å². The van der Waals surface area contributed by atoms with Crippen molar-refractivity contribution in [3.05, 3.63) is 96.6 Å². The summed E-state index contributed by atoms with van der Waals surface area (Å²) in [5.74, 6) is 2.82. The minimum Gasteiger partial charge on any atom is -0.423 e. The Bertz CT molecular complexity index is 1550. The van der Waals surface area contributed by atoms with Gasteiger partial charge in [-0.15, -0.1) is 0 Å². The molecule has 2 saturated carbocycles. The summed E-state index contributed by atoms with van der Waals surface area (Å²) in [6.45, 7) is 9.32. The molecule has 3 aromatic carbocycles. The van der Waals surface area contributed by atoms with Crippen molar-refractivity contribution in [1.29, 1.82) is 0 Å². The highest BCUT2D eigenvalue weighted by Gasteiger charge is 2.32. The van der Waals surface area contributed by atoms with E-state index in [9.17, 15) is 9.59 Å². The standard InChI is InChI=1S/C42H50O6/c1-5-6-30-7-9-31(10-8-30)32-13-17-36(18-14-32)40-25-38(48-42(45)29(3)27-46-4)23-24-39(40)35-15-11-33(12-16-35)34-19-21-37(22-20-34)47-41(44)28(2)26-43/h11-12,15-16,19-25,30-32,36,43H,2-3,5-10,13-14,17-18,26-27H2,1,4H3. The first-order valence-electron chi connectivity index (χ1n) is 17.5. The van der Waals surface area contributed by atoms with Crippen LogP contribution < -0.4 is 9.47 Å². The monoisotopic (exact) mass is 650 g/mol. The van der Waals surface area contributed by atoms with Crippen molar-refractivity contribution < 1.29 is 28.9 Å². The topological polar surface area (TPSA) is 82.1 Å². The third-order valence-electron chi connectivity index (χ3n) is 10.4. The van der Waals surface area contributed by atoms with Crippen LogP contribution in [0, 0.1) is 17.8 Å². The maximum Gasteiger partial charge on any atom is 0.341 e. The Balaban J connectivity index is 1.33. The van der Waals surface area contributed by atoms with Crippen molar-refractivity contribution in [2.45, 2.75) is 77.0 Å². The number of aliphatic hydroxyl groups excluding tert-OH is 1. The van der Waals surface area contributed by atoms with Crippen LogP contribution in [-0.4, -0.2) is 37.4 Å². The molecule has 1 N–H and O–H groups in total. The number of carbonyl (C=O) groups is 2. The van der Waals surface area contributed by atoms with Gasteiger partial charge in [0.1, 0.15) is 11.5 Å². The molecule has 0 bridgehead atoms. The fraction of sp³-hybridized carbons (Fsp3) is 0.429. The Morgan fingerprint density at radius 3 is 1.81 bits per heavy atom. The van der Waals surface area contributed by atoms with Crippen LogP contribution in [0.1, 0.15) is 82.6 Å². The highest BCUT2D eigenvalue weighted by Crippen LogP contribution is 2.47. The first kappa shape index (κ1) is 35.3. The molecule has 254 valence electrons. The van der Waals surface area contributed by atoms with Gasteiger partial charge in [-0.3, -0.25) is 0 Å². The molecule has 0 atom stereocenters. The molecular formula is C42H50O6. The zero-order valence-corrected chi connectivity index (χ0v) is 28.5. The van der Waals surface area contributed by atoms with Crippen LogP contribution in [0.15, 0.2) is 91.0 Å². The Morgan fingerprint density at radius 2 is 1.23 bits per heavy atom. The highest BCUT2D eigenvalue weighted by atomic mass is 16.5. The number of ether oxygens (including phenoxy) is 3. The second kappa shape index (κ2) is 16.9. The van der Waals surface area contributed by atoms with Crippen molar-refractivity contribution in [3.8, 4) is 33.8 Å². The number of hydrogen-bond donors (Lipinski definition) is 1. The summed E-state index contributed by atoms with van der Waals surface area (Å²) in [6, 6.07) is 21.8. The maximum atomic E-state index is 12.7. The van der Waals surface area contributed by atoms with Crippen LogP contribution >= 0.6 is 0 Å². The fourth-order valence-corrected chi connectivity index (χ4v) is 7.68. The van der Waals surface area contributed by atoms with E-state index in [2.05, 4.69) is 56.5 Å². The molecule has 0 radical (unpaired) electrons. The first-order valence-corrected chi connectivity index (χ1v) is 17.5. The normalized spacial score (nSPS) is 20.9. The van der Waals surface area contributed by atoms with Crippen molar-refractivity contribution >= 4 is 11.9 Å². The van der Waals surface area contributed by atoms with Crippen LogP contribution in [-0.2, 0) is 14.3 Å². The SMILES string of the molecule is C=C(CO)C(=O)Oc1ccc(-c2ccc(-c3ccc(OC(=O)C(=C)COC)cc3C3CCC(C4CCC(CCC)CC4)CC3)cc2)cc1. The Labute approximate surface area is 285 Å². The maximum absolute atomic E-state index is 12.7. The lowest BCUT2D eigenvalue weighted by molar-refractivity contribution is -0.131. The summed E-state index contributed by atoms with van der Waals surface area (Å²) in [4.78, 5) is 24.6. The predicted octanol–water partition coefficient (Wildman–Crippen LogP) is 9.46. The number of benzene rings is 3. The third kappa shape index (κ3) is 8.91. The Morgan fingerprint density at radius 1 is 0.708 bits per heavy atom. The van der Waals surface area contributed by atoms with Gasteiger partial charge in [0.25, 0.3) is 0 Å². The lowest BCUT2D eigenvalue weighted by Crippen LogP contribution is -2.25. The van der Waals surface area contributed by atoms with E-state index in [4.69, 9.17) is 19.3 Å². The van der Waals surface area contributed by atoms with Crippen LogP contribution in [0.2, 0.25) is 0 Å². The van der Waals surface area contributed by atoms with Gasteiger partial charge in [0.2, 0.25) is 0 Å². The molecule has 5 rings (SSSR count). The van der Waals surface area contributed by atoms with E-state index < -0.39 is 18.5 Å². The van der Waals surface area contributed by atoms with Crippen LogP contribution in [0.3, 0.4) is 0 Å². The molecule has 2 fully saturated rings. The van der Waals surface area contributed by atoms with E-state index in [-0.39, 0.29) is 17.8 Å². The third-order valence-corrected chi connectivity index (χ3v) is 10.4. The van der Waals surface area contributed by atoms with E-state index in [0.29, 0.717) is 17.4 Å². The Kier molecular flexibility index (Phi) is 12.4. The van der Waals surface area contributed by atoms with Gasteiger partial charge in [0, 0.05) is 7.11 Å². The van der Waals surface area contributed by atoms with Gasteiger partial charge in [-0.1, -0.05) is 88.2 Å². The van der Waals surface area contributed by atoms with Crippen LogP contribution in [0.25, 0.3) is 22.3 Å². The summed E-state index contributed by atoms with van der Waals surface area (Å²) in [7, 11) is 1.54. The zero-order chi connectivity index (χ0) is 34.0. The lowest BCUT2D eigenvalue weighted by Gasteiger charge is -2.38. The summed E-state index contributed by atoms with van der Waals surface area (Å²) in [6.07, 6.45) is 13.1. The quantitative estimate of drug-likeness (QED) is 0.113. The van der Waals surface area contributed by atoms with Crippen molar-refractivity contribution in [2.75, 3.05) is 20.3 Å². The van der Waals surface area contributed by atoms with E-state index >= 15 is 0 Å². The number of rotatable bonds is 13. The number of carbonyl (C=O) groups excluding carboxylic acids is 2. The van der Waals surface area contributed by atoms with E-state index in [1.165, 1.54) is 64.0 Å². The fourth-order valence-electron chi connectivity index (χ4n) is 7.68. The summed E-state index contributed by atoms with van der Waals surface area (Å²) in [5, 5.41) is 9.11. The van der Waals surface area contributed by atoms with Gasteiger partial charge in [0.05, 0.1) is 24.4 Å². The second-order valence-corrected chi connectivity index (χ2v) is 13.6. The molecule has 0 aromatic heterocycles. The molecule has 6 nitrogen and oxygen atoms in total. The van der Waals surface area contributed by atoms with E-state index in [1.54, 1.807) is 12.1 Å². The minimum absolute atomic E-state index is 0.00883. The zero-order valence-electron chi connectivity index (χ0n) is 28.5. The molecule has 0 heterocycles. The summed E-state index contributed by atoms with van der Waals surface area (Å²) in [5.41, 5.74) is 5.82. The van der Waals surface area contributed by atoms with Gasteiger partial charge in [-0.05, 0) is 114 Å². The number of methoxy groups -OCH3 is 1. The molecular weight excluding hydrogens is 600 g/mol. The van der Waals surface area contributed by atoms with E-state index in [1.807, 2.05) is 18.2 Å². The molecule has 2 aliphatic carbocycles. The summed E-state index contributed by atoms with van der Waals surface area (Å²) >= 11 is 0. The molecule has 0 aliphatic heterocycles. The molecule has 6 heteroatoms. The smallest absolute Gasteiger partial charge is 0.341 e. The number of esters is 2. The first-order chi connectivity index (χ1) is 23.3. The average molecular weight is 651 g/mol. The van der Waals surface area contributed by atoms with Crippen molar-refractivity contribution in [2.24, 2.45) is 17.8 Å². The number of hydrogen-bond acceptors (Lipinski definition) is 6. The number of aliphatic hydroxyl groups is 1. The van der Waals surface area contributed by atoms with E-state index in [0.717, 1.165) is 52.8 Å². The second-order valence-electron chi connectivity index (χ2n) is 13.6. The van der Waals surface area contributed by atoms with Crippen LogP contribution in [0.4, 0.5) is 0 Å². The van der Waals surface area contributed by atoms with Gasteiger partial charge < -0.3 is 19.3 Å². The molecule has 0 amide bonds. The van der Waals surface area contributed by atoms with Gasteiger partial charge in [-0.25, -0.2) is 9.59 Å². The predicted molar refractivity (Wildman–Crippen MR) is 191 cm³/mol. The van der Waals surface area contributed by atoms with Gasteiger partial charge in [-0.2, -0.15) is 0 Å². The highest BCUT2D eigenvalue weighted by molar-refractivity contribution is 5.90. The molecule has 48 heavy (non-hydrogen) atoms. The molecule has 0 spiro atoms.